The van der Waals surface area contributed by atoms with Crippen molar-refractivity contribution in [3.05, 3.63) is 28.8 Å². The molecule has 4 heteroatoms. The zero-order chi connectivity index (χ0) is 13.5. The summed E-state index contributed by atoms with van der Waals surface area (Å²) in [4.78, 5) is 1.13. The maximum atomic E-state index is 9.07. The van der Waals surface area contributed by atoms with E-state index in [2.05, 4.69) is 25.2 Å². The van der Waals surface area contributed by atoms with E-state index in [1.807, 2.05) is 19.1 Å². The van der Waals surface area contributed by atoms with Crippen molar-refractivity contribution in [2.75, 3.05) is 12.4 Å². The molecule has 1 aromatic rings. The first-order valence-electron chi connectivity index (χ1n) is 6.29. The Bertz CT molecular complexity index is 371. The van der Waals surface area contributed by atoms with Gasteiger partial charge in [-0.1, -0.05) is 44.5 Å². The molecule has 102 valence electrons. The third-order valence-corrected chi connectivity index (χ3v) is 4.51. The first kappa shape index (κ1) is 15.8. The minimum atomic E-state index is 0.219. The average Bonchev–Trinajstić information content (AvgIpc) is 2.34. The highest BCUT2D eigenvalue weighted by molar-refractivity contribution is 7.99. The second-order valence-electron chi connectivity index (χ2n) is 4.86. The van der Waals surface area contributed by atoms with E-state index in [4.69, 9.17) is 16.7 Å². The summed E-state index contributed by atoms with van der Waals surface area (Å²) in [6.45, 7) is 7.34. The average molecular weight is 288 g/mol. The van der Waals surface area contributed by atoms with Gasteiger partial charge in [-0.2, -0.15) is 0 Å². The van der Waals surface area contributed by atoms with Crippen LogP contribution in [0.2, 0.25) is 5.02 Å². The summed E-state index contributed by atoms with van der Waals surface area (Å²) < 4.78 is 0. The SMILES string of the molecule is CC(CO)CSc1c(Cl)cccc1CNC(C)C. The molecule has 0 amide bonds. The molecule has 2 N–H and O–H groups in total. The molecule has 0 radical (unpaired) electrons. The fourth-order valence-electron chi connectivity index (χ4n) is 1.45. The molecule has 1 rings (SSSR count). The van der Waals surface area contributed by atoms with Gasteiger partial charge in [-0.15, -0.1) is 11.8 Å². The lowest BCUT2D eigenvalue weighted by Crippen LogP contribution is -2.22. The Morgan fingerprint density at radius 2 is 2.06 bits per heavy atom. The van der Waals surface area contributed by atoms with Crippen LogP contribution in [0.3, 0.4) is 0 Å². The summed E-state index contributed by atoms with van der Waals surface area (Å²) in [6.07, 6.45) is 0. The van der Waals surface area contributed by atoms with Gasteiger partial charge in [0, 0.05) is 29.8 Å². The molecule has 18 heavy (non-hydrogen) atoms. The van der Waals surface area contributed by atoms with Crippen LogP contribution in [0.1, 0.15) is 26.3 Å². The highest BCUT2D eigenvalue weighted by atomic mass is 35.5. The van der Waals surface area contributed by atoms with Crippen molar-refractivity contribution >= 4 is 23.4 Å². The lowest BCUT2D eigenvalue weighted by molar-refractivity contribution is 0.250. The van der Waals surface area contributed by atoms with Crippen LogP contribution < -0.4 is 5.32 Å². The van der Waals surface area contributed by atoms with Gasteiger partial charge >= 0.3 is 0 Å². The normalized spacial score (nSPS) is 13.0. The Labute approximate surface area is 119 Å². The fraction of sp³-hybridized carbons (Fsp3) is 0.571. The number of hydrogen-bond donors (Lipinski definition) is 2. The fourth-order valence-corrected chi connectivity index (χ4v) is 2.89. The third kappa shape index (κ3) is 5.19. The first-order valence-corrected chi connectivity index (χ1v) is 7.65. The van der Waals surface area contributed by atoms with Crippen molar-refractivity contribution in [2.45, 2.75) is 38.3 Å². The smallest absolute Gasteiger partial charge is 0.0545 e. The summed E-state index contributed by atoms with van der Waals surface area (Å²) >= 11 is 7.99. The Morgan fingerprint density at radius 1 is 1.33 bits per heavy atom. The largest absolute Gasteiger partial charge is 0.396 e. The van der Waals surface area contributed by atoms with Gasteiger partial charge in [0.25, 0.3) is 0 Å². The second kappa shape index (κ2) is 8.05. The van der Waals surface area contributed by atoms with Gasteiger partial charge < -0.3 is 10.4 Å². The predicted molar refractivity (Wildman–Crippen MR) is 80.4 cm³/mol. The molecule has 0 aliphatic heterocycles. The van der Waals surface area contributed by atoms with Crippen molar-refractivity contribution in [3.63, 3.8) is 0 Å². The van der Waals surface area contributed by atoms with Crippen LogP contribution in [0.25, 0.3) is 0 Å². The number of nitrogens with one attached hydrogen (secondary N) is 1. The Morgan fingerprint density at radius 3 is 2.67 bits per heavy atom. The number of rotatable bonds is 7. The maximum Gasteiger partial charge on any atom is 0.0545 e. The van der Waals surface area contributed by atoms with E-state index in [0.29, 0.717) is 6.04 Å². The number of thioether (sulfide) groups is 1. The van der Waals surface area contributed by atoms with E-state index < -0.39 is 0 Å². The quantitative estimate of drug-likeness (QED) is 0.752. The van der Waals surface area contributed by atoms with Gasteiger partial charge in [0.1, 0.15) is 0 Å². The number of hydrogen-bond acceptors (Lipinski definition) is 3. The molecule has 1 atom stereocenters. The summed E-state index contributed by atoms with van der Waals surface area (Å²) in [5.74, 6) is 1.17. The standard InChI is InChI=1S/C14H22ClNOS/c1-10(2)16-7-12-5-4-6-13(15)14(12)18-9-11(3)8-17/h4-6,10-11,16-17H,7-9H2,1-3H3. The van der Waals surface area contributed by atoms with Crippen LogP contribution >= 0.6 is 23.4 Å². The molecule has 0 aliphatic rings. The predicted octanol–water partition coefficient (Wildman–Crippen LogP) is 3.56. The molecule has 0 spiro atoms. The number of aliphatic hydroxyl groups excluding tert-OH is 1. The maximum absolute atomic E-state index is 9.07. The third-order valence-electron chi connectivity index (χ3n) is 2.57. The number of benzene rings is 1. The van der Waals surface area contributed by atoms with E-state index in [1.165, 1.54) is 5.56 Å². The highest BCUT2D eigenvalue weighted by Crippen LogP contribution is 2.32. The molecule has 0 bridgehead atoms. The van der Waals surface area contributed by atoms with E-state index in [0.717, 1.165) is 22.2 Å². The van der Waals surface area contributed by atoms with Crippen LogP contribution in [0, 0.1) is 5.92 Å². The van der Waals surface area contributed by atoms with Crippen molar-refractivity contribution < 1.29 is 5.11 Å². The Balaban J connectivity index is 2.73. The van der Waals surface area contributed by atoms with Crippen molar-refractivity contribution in [1.29, 1.82) is 0 Å². The van der Waals surface area contributed by atoms with Gasteiger partial charge in [-0.25, -0.2) is 0 Å². The highest BCUT2D eigenvalue weighted by Gasteiger charge is 2.10. The zero-order valence-electron chi connectivity index (χ0n) is 11.2. The van der Waals surface area contributed by atoms with Gasteiger partial charge in [-0.3, -0.25) is 0 Å². The number of aliphatic hydroxyl groups is 1. The minimum Gasteiger partial charge on any atom is -0.396 e. The molecule has 2 nitrogen and oxygen atoms in total. The minimum absolute atomic E-state index is 0.219. The molecule has 0 saturated heterocycles. The molecular formula is C14H22ClNOS. The Kier molecular flexibility index (Phi) is 7.08. The molecule has 0 aromatic heterocycles. The summed E-state index contributed by atoms with van der Waals surface area (Å²) in [6, 6.07) is 6.47. The van der Waals surface area contributed by atoms with E-state index in [9.17, 15) is 0 Å². The van der Waals surface area contributed by atoms with E-state index in [1.54, 1.807) is 11.8 Å². The first-order chi connectivity index (χ1) is 8.54. The van der Waals surface area contributed by atoms with Gasteiger partial charge in [-0.05, 0) is 17.5 Å². The topological polar surface area (TPSA) is 32.3 Å². The van der Waals surface area contributed by atoms with Crippen LogP contribution in [0.5, 0.6) is 0 Å². The summed E-state index contributed by atoms with van der Waals surface area (Å²) in [5.41, 5.74) is 1.23. The van der Waals surface area contributed by atoms with Crippen molar-refractivity contribution in [1.82, 2.24) is 5.32 Å². The lowest BCUT2D eigenvalue weighted by atomic mass is 10.2. The van der Waals surface area contributed by atoms with Crippen molar-refractivity contribution in [2.24, 2.45) is 5.92 Å². The molecule has 0 aliphatic carbocycles. The van der Waals surface area contributed by atoms with Crippen molar-refractivity contribution in [3.8, 4) is 0 Å². The molecule has 0 fully saturated rings. The molecule has 0 heterocycles. The molecule has 1 unspecified atom stereocenters. The van der Waals surface area contributed by atoms with Gasteiger partial charge in [0.2, 0.25) is 0 Å². The summed E-state index contributed by atoms with van der Waals surface area (Å²) in [5, 5.41) is 13.3. The Hall–Kier alpha value is -0.220. The zero-order valence-corrected chi connectivity index (χ0v) is 12.8. The van der Waals surface area contributed by atoms with Gasteiger partial charge in [0.05, 0.1) is 5.02 Å². The molecule has 0 saturated carbocycles. The van der Waals surface area contributed by atoms with Crippen LogP contribution in [0.4, 0.5) is 0 Å². The summed E-state index contributed by atoms with van der Waals surface area (Å²) in [7, 11) is 0. The van der Waals surface area contributed by atoms with E-state index in [-0.39, 0.29) is 12.5 Å². The molecular weight excluding hydrogens is 266 g/mol. The lowest BCUT2D eigenvalue weighted by Gasteiger charge is -2.15. The second-order valence-corrected chi connectivity index (χ2v) is 6.30. The van der Waals surface area contributed by atoms with Crippen LogP contribution in [-0.4, -0.2) is 23.5 Å². The molecule has 1 aromatic carbocycles. The van der Waals surface area contributed by atoms with Gasteiger partial charge in [0.15, 0.2) is 0 Å². The number of halogens is 1. The van der Waals surface area contributed by atoms with E-state index >= 15 is 0 Å². The monoisotopic (exact) mass is 287 g/mol. The van der Waals surface area contributed by atoms with Crippen LogP contribution in [0.15, 0.2) is 23.1 Å². The van der Waals surface area contributed by atoms with Crippen LogP contribution in [-0.2, 0) is 6.54 Å².